The number of aryl methyl sites for hydroxylation is 1. The van der Waals surface area contributed by atoms with Crippen molar-refractivity contribution in [1.29, 1.82) is 0 Å². The number of methoxy groups -OCH3 is 1. The van der Waals surface area contributed by atoms with Crippen LogP contribution in [0.2, 0.25) is 0 Å². The number of piperidine rings is 1. The lowest BCUT2D eigenvalue weighted by atomic mass is 9.95. The third kappa shape index (κ3) is 4.90. The van der Waals surface area contributed by atoms with Crippen LogP contribution in [0.15, 0.2) is 48.5 Å². The molecule has 9 heteroatoms. The summed E-state index contributed by atoms with van der Waals surface area (Å²) >= 11 is 0. The van der Waals surface area contributed by atoms with Gasteiger partial charge in [0.2, 0.25) is 5.91 Å². The molecule has 1 aromatic heterocycles. The van der Waals surface area contributed by atoms with E-state index in [0.29, 0.717) is 43.9 Å². The van der Waals surface area contributed by atoms with Crippen LogP contribution >= 0.6 is 0 Å². The van der Waals surface area contributed by atoms with Crippen molar-refractivity contribution < 1.29 is 19.1 Å². The molecule has 0 saturated carbocycles. The number of likely N-dealkylation sites (tertiary alicyclic amines) is 1. The van der Waals surface area contributed by atoms with Crippen LogP contribution in [-0.2, 0) is 22.7 Å². The van der Waals surface area contributed by atoms with Gasteiger partial charge in [-0.2, -0.15) is 0 Å². The van der Waals surface area contributed by atoms with Gasteiger partial charge in [0.25, 0.3) is 5.91 Å². The molecule has 2 aromatic carbocycles. The van der Waals surface area contributed by atoms with Crippen LogP contribution in [0.1, 0.15) is 46.3 Å². The molecule has 1 fully saturated rings. The number of ether oxygens (including phenoxy) is 2. The lowest BCUT2D eigenvalue weighted by molar-refractivity contribution is -0.121. The third-order valence-electron chi connectivity index (χ3n) is 6.76. The first-order valence-corrected chi connectivity index (χ1v) is 11.9. The van der Waals surface area contributed by atoms with Gasteiger partial charge < -0.3 is 19.7 Å². The minimum atomic E-state index is -0.155. The Labute approximate surface area is 204 Å². The van der Waals surface area contributed by atoms with Crippen molar-refractivity contribution in [2.75, 3.05) is 25.5 Å². The lowest BCUT2D eigenvalue weighted by Crippen LogP contribution is -2.42. The molecule has 1 saturated heterocycles. The summed E-state index contributed by atoms with van der Waals surface area (Å²) in [5, 5.41) is 11.4. The highest BCUT2D eigenvalue weighted by Gasteiger charge is 2.33. The Morgan fingerprint density at radius 2 is 1.77 bits per heavy atom. The summed E-state index contributed by atoms with van der Waals surface area (Å²) in [6.45, 7) is 3.85. The average molecular weight is 476 g/mol. The molecule has 0 radical (unpaired) electrons. The molecular formula is C26H29N5O4. The number of rotatable bonds is 5. The first-order chi connectivity index (χ1) is 17.0. The molecule has 0 unspecified atom stereocenters. The van der Waals surface area contributed by atoms with Gasteiger partial charge in [0, 0.05) is 24.7 Å². The van der Waals surface area contributed by atoms with Crippen LogP contribution in [0.3, 0.4) is 0 Å². The van der Waals surface area contributed by atoms with Crippen LogP contribution in [0.25, 0.3) is 0 Å². The molecule has 0 spiro atoms. The van der Waals surface area contributed by atoms with E-state index in [0.717, 1.165) is 17.0 Å². The number of hydrogen-bond donors (Lipinski definition) is 1. The number of carbonyl (C=O) groups is 2. The fourth-order valence-corrected chi connectivity index (χ4v) is 4.57. The smallest absolute Gasteiger partial charge is 0.276 e. The summed E-state index contributed by atoms with van der Waals surface area (Å²) in [6, 6.07) is 15.5. The van der Waals surface area contributed by atoms with E-state index in [1.165, 1.54) is 5.56 Å². The largest absolute Gasteiger partial charge is 0.497 e. The molecule has 3 aromatic rings. The monoisotopic (exact) mass is 475 g/mol. The number of carbonyl (C=O) groups excluding carboxylic acids is 2. The summed E-state index contributed by atoms with van der Waals surface area (Å²) in [5.41, 5.74) is 4.06. The Kier molecular flexibility index (Phi) is 6.50. The van der Waals surface area contributed by atoms with E-state index in [9.17, 15) is 9.59 Å². The van der Waals surface area contributed by atoms with Crippen molar-refractivity contribution in [3.63, 3.8) is 0 Å². The minimum Gasteiger partial charge on any atom is -0.497 e. The molecule has 1 atom stereocenters. The van der Waals surface area contributed by atoms with E-state index in [4.69, 9.17) is 9.47 Å². The summed E-state index contributed by atoms with van der Waals surface area (Å²) in [6.07, 6.45) is 1.08. The fraction of sp³-hybridized carbons (Fsp3) is 0.385. The van der Waals surface area contributed by atoms with E-state index >= 15 is 0 Å². The second-order valence-corrected chi connectivity index (χ2v) is 9.06. The van der Waals surface area contributed by atoms with Crippen molar-refractivity contribution in [3.05, 3.63) is 71.0 Å². The zero-order chi connectivity index (χ0) is 24.4. The Morgan fingerprint density at radius 1 is 1.06 bits per heavy atom. The van der Waals surface area contributed by atoms with E-state index in [1.54, 1.807) is 16.7 Å². The van der Waals surface area contributed by atoms with Crippen molar-refractivity contribution in [3.8, 4) is 5.75 Å². The van der Waals surface area contributed by atoms with Crippen molar-refractivity contribution in [2.24, 2.45) is 5.92 Å². The van der Waals surface area contributed by atoms with Gasteiger partial charge in [0.15, 0.2) is 5.69 Å². The summed E-state index contributed by atoms with van der Waals surface area (Å²) in [4.78, 5) is 27.6. The zero-order valence-corrected chi connectivity index (χ0v) is 19.9. The molecule has 1 N–H and O–H groups in total. The Hall–Kier alpha value is -3.72. The predicted octanol–water partition coefficient (Wildman–Crippen LogP) is 3.36. The van der Waals surface area contributed by atoms with E-state index < -0.39 is 0 Å². The van der Waals surface area contributed by atoms with Crippen LogP contribution in [-0.4, -0.2) is 51.9 Å². The number of amides is 2. The SMILES string of the molecule is COc1ccc(NC(=O)C2CCN(C(=O)c3nnn4c3CO[C@H](c3ccc(C)cc3)C4)CC2)cc1. The molecule has 0 bridgehead atoms. The maximum absolute atomic E-state index is 13.2. The number of fused-ring (bicyclic) bond motifs is 1. The van der Waals surface area contributed by atoms with Gasteiger partial charge in [-0.25, -0.2) is 4.68 Å². The lowest BCUT2D eigenvalue weighted by Gasteiger charge is -2.31. The number of nitrogens with zero attached hydrogens (tertiary/aromatic N) is 4. The standard InChI is InChI=1S/C26H29N5O4/c1-17-3-5-18(6-4-17)23-15-31-22(16-35-23)24(28-29-31)26(33)30-13-11-19(12-14-30)25(32)27-20-7-9-21(34-2)10-8-20/h3-10,19,23H,11-16H2,1-2H3,(H,27,32)/t23-/m0/s1. The zero-order valence-electron chi connectivity index (χ0n) is 19.9. The van der Waals surface area contributed by atoms with Gasteiger partial charge in [-0.05, 0) is 49.6 Å². The third-order valence-corrected chi connectivity index (χ3v) is 6.76. The number of anilines is 1. The minimum absolute atomic E-state index is 0.0288. The molecular weight excluding hydrogens is 446 g/mol. The van der Waals surface area contributed by atoms with Gasteiger partial charge in [0.05, 0.1) is 26.0 Å². The normalized spacial score (nSPS) is 18.1. The second kappa shape index (κ2) is 9.87. The van der Waals surface area contributed by atoms with Crippen LogP contribution in [0, 0.1) is 12.8 Å². The van der Waals surface area contributed by atoms with E-state index in [-0.39, 0.29) is 30.4 Å². The van der Waals surface area contributed by atoms with Crippen LogP contribution < -0.4 is 10.1 Å². The molecule has 5 rings (SSSR count). The summed E-state index contributed by atoms with van der Waals surface area (Å²) in [5.74, 6) is 0.409. The van der Waals surface area contributed by atoms with Crippen LogP contribution in [0.5, 0.6) is 5.75 Å². The number of aromatic nitrogens is 3. The molecule has 2 amide bonds. The first-order valence-electron chi connectivity index (χ1n) is 11.9. The highest BCUT2D eigenvalue weighted by atomic mass is 16.5. The molecule has 35 heavy (non-hydrogen) atoms. The molecule has 2 aliphatic rings. The maximum Gasteiger partial charge on any atom is 0.276 e. The van der Waals surface area contributed by atoms with Crippen LogP contribution in [0.4, 0.5) is 5.69 Å². The molecule has 3 heterocycles. The highest BCUT2D eigenvalue weighted by Crippen LogP contribution is 2.28. The summed E-state index contributed by atoms with van der Waals surface area (Å²) < 4.78 is 13.0. The average Bonchev–Trinajstić information content (AvgIpc) is 3.32. The van der Waals surface area contributed by atoms with Gasteiger partial charge in [0.1, 0.15) is 11.9 Å². The molecule has 0 aliphatic carbocycles. The Bertz CT molecular complexity index is 1200. The van der Waals surface area contributed by atoms with E-state index in [1.807, 2.05) is 24.3 Å². The van der Waals surface area contributed by atoms with Gasteiger partial charge in [-0.15, -0.1) is 5.10 Å². The van der Waals surface area contributed by atoms with Gasteiger partial charge >= 0.3 is 0 Å². The van der Waals surface area contributed by atoms with Gasteiger partial charge in [-0.1, -0.05) is 35.0 Å². The fourth-order valence-electron chi connectivity index (χ4n) is 4.57. The Balaban J connectivity index is 1.17. The van der Waals surface area contributed by atoms with Crippen molar-refractivity contribution >= 4 is 17.5 Å². The molecule has 182 valence electrons. The number of benzene rings is 2. The quantitative estimate of drug-likeness (QED) is 0.608. The molecule has 9 nitrogen and oxygen atoms in total. The van der Waals surface area contributed by atoms with Crippen molar-refractivity contribution in [1.82, 2.24) is 19.9 Å². The van der Waals surface area contributed by atoms with Gasteiger partial charge in [-0.3, -0.25) is 9.59 Å². The number of hydrogen-bond acceptors (Lipinski definition) is 6. The predicted molar refractivity (Wildman–Crippen MR) is 129 cm³/mol. The topological polar surface area (TPSA) is 98.6 Å². The highest BCUT2D eigenvalue weighted by molar-refractivity contribution is 5.94. The maximum atomic E-state index is 13.2. The Morgan fingerprint density at radius 3 is 2.46 bits per heavy atom. The molecule has 2 aliphatic heterocycles. The first kappa shape index (κ1) is 23.0. The number of nitrogens with one attached hydrogen (secondary N) is 1. The second-order valence-electron chi connectivity index (χ2n) is 9.06. The van der Waals surface area contributed by atoms with Crippen molar-refractivity contribution in [2.45, 2.75) is 39.0 Å². The summed E-state index contributed by atoms with van der Waals surface area (Å²) in [7, 11) is 1.60. The van der Waals surface area contributed by atoms with E-state index in [2.05, 4.69) is 46.8 Å².